The molecule has 0 radical (unpaired) electrons. The predicted octanol–water partition coefficient (Wildman–Crippen LogP) is 14.6. The number of fused-ring (bicyclic) bond motifs is 6. The van der Waals surface area contributed by atoms with Crippen LogP contribution in [0, 0.1) is 134 Å². The molecule has 2 heterocycles. The zero-order valence-corrected chi connectivity index (χ0v) is 37.0. The maximum atomic E-state index is 15.3. The van der Waals surface area contributed by atoms with Crippen LogP contribution in [0.3, 0.4) is 0 Å². The molecular weight excluding hydrogens is 717 g/mol. The van der Waals surface area contributed by atoms with E-state index in [0.29, 0.717) is 28.1 Å². The van der Waals surface area contributed by atoms with E-state index < -0.39 is 11.6 Å². The van der Waals surface area contributed by atoms with E-state index in [1.165, 1.54) is 100 Å². The highest BCUT2D eigenvalue weighted by Gasteiger charge is 2.30. The highest BCUT2D eigenvalue weighted by molar-refractivity contribution is 6.17. The Labute approximate surface area is 341 Å². The monoisotopic (exact) mass is 769 g/mol. The molecule has 0 N–H and O–H groups in total. The van der Waals surface area contributed by atoms with Crippen LogP contribution in [0.1, 0.15) is 94.6 Å². The van der Waals surface area contributed by atoms with Crippen molar-refractivity contribution in [3.8, 4) is 28.6 Å². The molecule has 58 heavy (non-hydrogen) atoms. The molecule has 8 rings (SSSR count). The Hall–Kier alpha value is -5.73. The fourth-order valence-electron chi connectivity index (χ4n) is 10.2. The minimum atomic E-state index is -0.651. The second kappa shape index (κ2) is 13.1. The number of halogens is 2. The molecule has 2 aromatic heterocycles. The van der Waals surface area contributed by atoms with Gasteiger partial charge in [-0.3, -0.25) is 0 Å². The molecule has 3 nitrogen and oxygen atoms in total. The summed E-state index contributed by atoms with van der Waals surface area (Å²) in [5, 5.41) is 16.4. The molecule has 0 saturated heterocycles. The van der Waals surface area contributed by atoms with Crippen LogP contribution in [0.25, 0.3) is 66.1 Å². The number of hydrogen-bond acceptors (Lipinski definition) is 1. The van der Waals surface area contributed by atoms with Gasteiger partial charge < -0.3 is 9.13 Å². The van der Waals surface area contributed by atoms with Gasteiger partial charge in [0.05, 0.1) is 33.4 Å². The lowest BCUT2D eigenvalue weighted by molar-refractivity contribution is 0.584. The summed E-state index contributed by atoms with van der Waals surface area (Å²) in [5.74, 6) is -1.30. The van der Waals surface area contributed by atoms with Gasteiger partial charge >= 0.3 is 0 Å². The Morgan fingerprint density at radius 2 is 0.586 bits per heavy atom. The van der Waals surface area contributed by atoms with Crippen LogP contribution < -0.4 is 0 Å². The summed E-state index contributed by atoms with van der Waals surface area (Å²) in [6.45, 7) is 35.1. The summed E-state index contributed by atoms with van der Waals surface area (Å²) in [6.07, 6.45) is 0. The lowest BCUT2D eigenvalue weighted by Gasteiger charge is -2.22. The third-order valence-electron chi connectivity index (χ3n) is 14.9. The quantitative estimate of drug-likeness (QED) is 0.176. The van der Waals surface area contributed by atoms with Crippen molar-refractivity contribution in [3.63, 3.8) is 0 Å². The van der Waals surface area contributed by atoms with E-state index >= 15 is 8.78 Å². The van der Waals surface area contributed by atoms with E-state index in [4.69, 9.17) is 0 Å². The van der Waals surface area contributed by atoms with Crippen LogP contribution in [0.5, 0.6) is 0 Å². The largest absolute Gasteiger partial charge is 0.307 e. The number of nitrogens with zero attached hydrogens (tertiary/aromatic N) is 3. The normalized spacial score (nSPS) is 11.9. The van der Waals surface area contributed by atoms with E-state index in [1.807, 2.05) is 12.1 Å². The van der Waals surface area contributed by atoms with E-state index in [-0.39, 0.29) is 0 Å². The van der Waals surface area contributed by atoms with Crippen LogP contribution in [-0.2, 0) is 0 Å². The number of benzene rings is 6. The summed E-state index contributed by atoms with van der Waals surface area (Å²) in [6, 6.07) is 10.4. The standard InChI is InChI=1S/C53H53F2N3/c1-23-27(5)35(13)50-46(31(23)9)47-32(10)24(2)28(6)36(14)51(47)57(50)44-19-40(39-17-41(54)21-42(55)18-39)20-45(43(44)22-56)58-52-37(15)29(7)25(3)33(11)48(52)49-34(12)26(4)30(8)38(16)53(49)58/h17-21H,1-16H3. The zero-order valence-electron chi connectivity index (χ0n) is 37.0. The Morgan fingerprint density at radius 1 is 0.345 bits per heavy atom. The zero-order chi connectivity index (χ0) is 42.3. The molecule has 0 spiro atoms. The van der Waals surface area contributed by atoms with Crippen LogP contribution in [-0.4, -0.2) is 9.13 Å². The van der Waals surface area contributed by atoms with Crippen molar-refractivity contribution < 1.29 is 8.78 Å². The Morgan fingerprint density at radius 3 is 0.845 bits per heavy atom. The topological polar surface area (TPSA) is 33.6 Å². The molecular formula is C53H53F2N3. The molecule has 0 amide bonds. The molecule has 294 valence electrons. The SMILES string of the molecule is Cc1c(C)c(C)c2c(c1C)c1c(C)c(C)c(C)c(C)c1n2-c1cc(-c2cc(F)cc(F)c2)cc(-n2c3c(C)c(C)c(C)c(C)c3c3c(C)c(C)c(C)c(C)c32)c1C#N. The average Bonchev–Trinajstić information content (AvgIpc) is 3.74. The Kier molecular flexibility index (Phi) is 8.87. The van der Waals surface area contributed by atoms with Gasteiger partial charge in [-0.05, 0) is 235 Å². The maximum absolute atomic E-state index is 15.3. The number of aromatic nitrogens is 2. The second-order valence-electron chi connectivity index (χ2n) is 17.2. The minimum absolute atomic E-state index is 0.408. The number of hydrogen-bond donors (Lipinski definition) is 0. The molecule has 6 aromatic carbocycles. The van der Waals surface area contributed by atoms with Crippen molar-refractivity contribution in [2.24, 2.45) is 0 Å². The van der Waals surface area contributed by atoms with Crippen LogP contribution in [0.15, 0.2) is 30.3 Å². The van der Waals surface area contributed by atoms with Gasteiger partial charge in [0, 0.05) is 27.6 Å². The molecule has 0 saturated carbocycles. The summed E-state index contributed by atoms with van der Waals surface area (Å²) in [7, 11) is 0. The third kappa shape index (κ3) is 5.00. The highest BCUT2D eigenvalue weighted by atomic mass is 19.1. The molecule has 0 aliphatic carbocycles. The van der Waals surface area contributed by atoms with Crippen molar-refractivity contribution in [1.82, 2.24) is 9.13 Å². The van der Waals surface area contributed by atoms with Crippen LogP contribution >= 0.6 is 0 Å². The first-order chi connectivity index (χ1) is 27.3. The van der Waals surface area contributed by atoms with Crippen LogP contribution in [0.2, 0.25) is 0 Å². The van der Waals surface area contributed by atoms with Crippen molar-refractivity contribution in [1.29, 1.82) is 5.26 Å². The molecule has 0 fully saturated rings. The molecule has 0 bridgehead atoms. The average molecular weight is 770 g/mol. The highest BCUT2D eigenvalue weighted by Crippen LogP contribution is 2.48. The fourth-order valence-corrected chi connectivity index (χ4v) is 10.2. The van der Waals surface area contributed by atoms with Crippen molar-refractivity contribution >= 4 is 43.6 Å². The number of rotatable bonds is 3. The van der Waals surface area contributed by atoms with Gasteiger partial charge in [0.25, 0.3) is 0 Å². The van der Waals surface area contributed by atoms with Gasteiger partial charge in [-0.15, -0.1) is 0 Å². The third-order valence-corrected chi connectivity index (χ3v) is 14.9. The van der Waals surface area contributed by atoms with E-state index in [1.54, 1.807) is 0 Å². The van der Waals surface area contributed by atoms with Gasteiger partial charge in [0.15, 0.2) is 0 Å². The lowest BCUT2D eigenvalue weighted by Crippen LogP contribution is -2.08. The van der Waals surface area contributed by atoms with Gasteiger partial charge in [-0.1, -0.05) is 0 Å². The smallest absolute Gasteiger partial charge is 0.126 e. The first-order valence-corrected chi connectivity index (χ1v) is 20.3. The van der Waals surface area contributed by atoms with Gasteiger partial charge in [-0.25, -0.2) is 8.78 Å². The van der Waals surface area contributed by atoms with Crippen molar-refractivity contribution in [2.45, 2.75) is 111 Å². The molecule has 0 unspecified atom stereocenters. The van der Waals surface area contributed by atoms with E-state index in [0.717, 1.165) is 50.4 Å². The number of nitriles is 1. The van der Waals surface area contributed by atoms with Crippen molar-refractivity contribution in [3.05, 3.63) is 137 Å². The molecule has 8 aromatic rings. The maximum Gasteiger partial charge on any atom is 0.126 e. The summed E-state index contributed by atoms with van der Waals surface area (Å²) in [4.78, 5) is 0. The first-order valence-electron chi connectivity index (χ1n) is 20.3. The molecule has 0 atom stereocenters. The first kappa shape index (κ1) is 39.1. The van der Waals surface area contributed by atoms with E-state index in [9.17, 15) is 5.26 Å². The fraction of sp³-hybridized carbons (Fsp3) is 0.302. The minimum Gasteiger partial charge on any atom is -0.307 e. The Balaban J connectivity index is 1.73. The lowest BCUT2D eigenvalue weighted by atomic mass is 9.90. The van der Waals surface area contributed by atoms with Gasteiger partial charge in [-0.2, -0.15) is 5.26 Å². The summed E-state index contributed by atoms with van der Waals surface area (Å²) >= 11 is 0. The van der Waals surface area contributed by atoms with Gasteiger partial charge in [0.1, 0.15) is 23.3 Å². The van der Waals surface area contributed by atoms with Crippen molar-refractivity contribution in [2.75, 3.05) is 0 Å². The summed E-state index contributed by atoms with van der Waals surface area (Å²) < 4.78 is 35.1. The Bertz CT molecular complexity index is 2890. The van der Waals surface area contributed by atoms with Crippen LogP contribution in [0.4, 0.5) is 8.78 Å². The molecule has 0 aliphatic rings. The summed E-state index contributed by atoms with van der Waals surface area (Å²) in [5.41, 5.74) is 26.4. The predicted molar refractivity (Wildman–Crippen MR) is 241 cm³/mol. The second-order valence-corrected chi connectivity index (χ2v) is 17.2. The van der Waals surface area contributed by atoms with E-state index in [2.05, 4.69) is 126 Å². The molecule has 0 aliphatic heterocycles. The van der Waals surface area contributed by atoms with Gasteiger partial charge in [0.2, 0.25) is 0 Å². The number of aryl methyl sites for hydroxylation is 8. The molecule has 5 heteroatoms.